The zero-order valence-electron chi connectivity index (χ0n) is 18.0. The van der Waals surface area contributed by atoms with E-state index in [-0.39, 0.29) is 16.2 Å². The van der Waals surface area contributed by atoms with Crippen molar-refractivity contribution in [3.63, 3.8) is 0 Å². The number of aryl methyl sites for hydroxylation is 1. The van der Waals surface area contributed by atoms with Crippen LogP contribution in [0.25, 0.3) is 10.1 Å². The first-order chi connectivity index (χ1) is 16.1. The lowest BCUT2D eigenvalue weighted by Crippen LogP contribution is -2.52. The van der Waals surface area contributed by atoms with E-state index in [1.165, 1.54) is 12.1 Å². The van der Waals surface area contributed by atoms with E-state index in [1.807, 2.05) is 0 Å². The van der Waals surface area contributed by atoms with E-state index in [9.17, 15) is 19.1 Å². The van der Waals surface area contributed by atoms with Crippen LogP contribution in [0.5, 0.6) is 11.5 Å². The monoisotopic (exact) mass is 477 g/mol. The van der Waals surface area contributed by atoms with Crippen molar-refractivity contribution in [3.8, 4) is 11.5 Å². The number of ketones is 1. The zero-order valence-corrected chi connectivity index (χ0v) is 18.8. The molecule has 7 N–H and O–H groups in total. The lowest BCUT2D eigenvalue weighted by molar-refractivity contribution is -0.124. The van der Waals surface area contributed by atoms with E-state index < -0.39 is 29.2 Å². The molecule has 0 amide bonds. The Labute approximate surface area is 197 Å². The molecule has 0 spiro atoms. The minimum absolute atomic E-state index is 0.0255. The van der Waals surface area contributed by atoms with E-state index >= 15 is 0 Å². The molecule has 3 aromatic carbocycles. The molecule has 1 heterocycles. The van der Waals surface area contributed by atoms with Gasteiger partial charge < -0.3 is 27.0 Å². The van der Waals surface area contributed by atoms with Crippen LogP contribution in [0.2, 0.25) is 0 Å². The number of hydrogen-bond acceptors (Lipinski definition) is 7. The van der Waals surface area contributed by atoms with Crippen molar-refractivity contribution in [1.82, 2.24) is 0 Å². The molecule has 2 atom stereocenters. The van der Waals surface area contributed by atoms with Gasteiger partial charge in [-0.3, -0.25) is 4.79 Å². The molecule has 0 radical (unpaired) electrons. The van der Waals surface area contributed by atoms with Gasteiger partial charge in [-0.15, -0.1) is 11.3 Å². The number of nitrogen functional groups attached to an aromatic ring is 1. The van der Waals surface area contributed by atoms with Crippen molar-refractivity contribution in [2.75, 3.05) is 5.73 Å². The van der Waals surface area contributed by atoms with Gasteiger partial charge in [-0.05, 0) is 53.9 Å². The highest BCUT2D eigenvalue weighted by molar-refractivity contribution is 7.21. The summed E-state index contributed by atoms with van der Waals surface area (Å²) in [5, 5.41) is 10.2. The van der Waals surface area contributed by atoms with Crippen LogP contribution in [0.1, 0.15) is 38.0 Å². The molecular formula is C25H20FN3O4S. The number of Topliss-reactive ketones (excluding diaryl/α,β-unsaturated/α-hetero) is 1. The van der Waals surface area contributed by atoms with E-state index in [4.69, 9.17) is 21.9 Å². The minimum Gasteiger partial charge on any atom is -0.477 e. The number of anilines is 1. The summed E-state index contributed by atoms with van der Waals surface area (Å²) in [6.45, 7) is 1.76. The van der Waals surface area contributed by atoms with Gasteiger partial charge in [0.1, 0.15) is 16.2 Å². The molecule has 2 unspecified atom stereocenters. The van der Waals surface area contributed by atoms with Gasteiger partial charge in [0.2, 0.25) is 0 Å². The number of carboxylic acids is 1. The van der Waals surface area contributed by atoms with E-state index in [0.29, 0.717) is 38.2 Å². The van der Waals surface area contributed by atoms with Crippen LogP contribution < -0.4 is 21.9 Å². The Morgan fingerprint density at radius 3 is 2.53 bits per heavy atom. The number of hydrogen-bond donors (Lipinski definition) is 4. The summed E-state index contributed by atoms with van der Waals surface area (Å²) in [5.74, 6) is -1.78. The molecule has 0 saturated carbocycles. The molecule has 4 aromatic rings. The van der Waals surface area contributed by atoms with Crippen LogP contribution in [0.3, 0.4) is 0 Å². The molecule has 172 valence electrons. The number of carbonyl (C=O) groups is 2. The van der Waals surface area contributed by atoms with Crippen molar-refractivity contribution in [2.24, 2.45) is 11.5 Å². The van der Waals surface area contributed by atoms with Crippen LogP contribution in [-0.4, -0.2) is 16.9 Å². The molecule has 0 saturated heterocycles. The van der Waals surface area contributed by atoms with Gasteiger partial charge in [-0.25, -0.2) is 9.18 Å². The minimum atomic E-state index is -1.64. The summed E-state index contributed by atoms with van der Waals surface area (Å²) < 4.78 is 20.2. The second-order valence-electron chi connectivity index (χ2n) is 8.22. The summed E-state index contributed by atoms with van der Waals surface area (Å²) >= 11 is 0.980. The Morgan fingerprint density at radius 2 is 1.85 bits per heavy atom. The molecule has 1 aliphatic rings. The number of carbonyl (C=O) groups excluding carboxylic acids is 1. The highest BCUT2D eigenvalue weighted by atomic mass is 32.1. The summed E-state index contributed by atoms with van der Waals surface area (Å²) in [6.07, 6.45) is 0. The summed E-state index contributed by atoms with van der Waals surface area (Å²) in [6, 6.07) is 13.0. The Balaban J connectivity index is 1.69. The average Bonchev–Trinajstić information content (AvgIpc) is 3.21. The normalized spacial score (nSPS) is 19.4. The number of nitrogens with two attached hydrogens (primary N) is 3. The third-order valence-corrected chi connectivity index (χ3v) is 7.44. The average molecular weight is 478 g/mol. The fourth-order valence-electron chi connectivity index (χ4n) is 4.61. The predicted molar refractivity (Wildman–Crippen MR) is 128 cm³/mol. The fourth-order valence-corrected chi connectivity index (χ4v) is 5.75. The van der Waals surface area contributed by atoms with Gasteiger partial charge >= 0.3 is 5.97 Å². The lowest BCUT2D eigenvalue weighted by atomic mass is 9.69. The van der Waals surface area contributed by atoms with Crippen molar-refractivity contribution in [2.45, 2.75) is 18.5 Å². The number of aromatic carboxylic acids is 1. The van der Waals surface area contributed by atoms with Gasteiger partial charge in [0.15, 0.2) is 17.3 Å². The number of rotatable bonds is 4. The first-order valence-electron chi connectivity index (χ1n) is 10.4. The standard InChI is InChI=1S/C25H20FN3O4S/c1-11-10-12(33-17-5-3-2-4-15(17)26)6-7-13(11)25(29)14-8-9-16(27)21-18(14)19(20(28)23(25)30)22(34-21)24(31)32/h2-10,20H,27-29H2,1H3,(H,31,32). The van der Waals surface area contributed by atoms with Crippen molar-refractivity contribution < 1.29 is 23.8 Å². The molecule has 7 nitrogen and oxygen atoms in total. The van der Waals surface area contributed by atoms with Crippen LogP contribution in [0.4, 0.5) is 10.1 Å². The number of ether oxygens (including phenoxy) is 1. The lowest BCUT2D eigenvalue weighted by Gasteiger charge is -2.37. The SMILES string of the molecule is Cc1cc(Oc2ccccc2F)ccc1C1(N)C(=O)C(N)c2c(C(=O)O)sc3c(N)ccc1c23. The fraction of sp³-hybridized carbons (Fsp3) is 0.120. The Bertz CT molecular complexity index is 1520. The molecule has 1 aromatic heterocycles. The molecule has 0 aliphatic heterocycles. The van der Waals surface area contributed by atoms with E-state index in [1.54, 1.807) is 49.4 Å². The van der Waals surface area contributed by atoms with Gasteiger partial charge in [0, 0.05) is 16.6 Å². The van der Waals surface area contributed by atoms with Crippen molar-refractivity contribution in [1.29, 1.82) is 0 Å². The van der Waals surface area contributed by atoms with Crippen LogP contribution >= 0.6 is 11.3 Å². The molecular weight excluding hydrogens is 457 g/mol. The summed E-state index contributed by atoms with van der Waals surface area (Å²) in [4.78, 5) is 25.5. The topological polar surface area (TPSA) is 142 Å². The predicted octanol–water partition coefficient (Wildman–Crippen LogP) is 4.21. The van der Waals surface area contributed by atoms with Crippen LogP contribution in [-0.2, 0) is 10.3 Å². The quantitative estimate of drug-likeness (QED) is 0.323. The Kier molecular flexibility index (Phi) is 4.94. The summed E-state index contributed by atoms with van der Waals surface area (Å²) in [7, 11) is 0. The second-order valence-corrected chi connectivity index (χ2v) is 9.24. The molecule has 0 bridgehead atoms. The largest absolute Gasteiger partial charge is 0.477 e. The van der Waals surface area contributed by atoms with E-state index in [2.05, 4.69) is 0 Å². The van der Waals surface area contributed by atoms with Crippen LogP contribution in [0, 0.1) is 12.7 Å². The van der Waals surface area contributed by atoms with Gasteiger partial charge in [-0.2, -0.15) is 0 Å². The van der Waals surface area contributed by atoms with Gasteiger partial charge in [0.25, 0.3) is 0 Å². The van der Waals surface area contributed by atoms with Crippen molar-refractivity contribution in [3.05, 3.63) is 87.5 Å². The Morgan fingerprint density at radius 1 is 1.15 bits per heavy atom. The van der Waals surface area contributed by atoms with Crippen molar-refractivity contribution >= 4 is 38.9 Å². The first-order valence-corrected chi connectivity index (χ1v) is 11.2. The highest BCUT2D eigenvalue weighted by Gasteiger charge is 2.49. The van der Waals surface area contributed by atoms with Gasteiger partial charge in [-0.1, -0.05) is 24.3 Å². The molecule has 0 fully saturated rings. The number of carboxylic acid groups (broad SMARTS) is 1. The number of thiophene rings is 1. The third-order valence-electron chi connectivity index (χ3n) is 6.19. The zero-order chi connectivity index (χ0) is 24.4. The Hall–Kier alpha value is -3.79. The maximum absolute atomic E-state index is 14.0. The van der Waals surface area contributed by atoms with Crippen LogP contribution in [0.15, 0.2) is 54.6 Å². The second kappa shape index (κ2) is 7.63. The van der Waals surface area contributed by atoms with E-state index in [0.717, 1.165) is 11.3 Å². The first kappa shape index (κ1) is 22.0. The number of para-hydroxylation sites is 1. The number of halogens is 1. The van der Waals surface area contributed by atoms with Gasteiger partial charge in [0.05, 0.1) is 10.7 Å². The molecule has 5 rings (SSSR count). The smallest absolute Gasteiger partial charge is 0.346 e. The third kappa shape index (κ3) is 3.02. The maximum atomic E-state index is 14.0. The summed E-state index contributed by atoms with van der Waals surface area (Å²) in [5.41, 5.74) is 19.8. The molecule has 34 heavy (non-hydrogen) atoms. The maximum Gasteiger partial charge on any atom is 0.346 e. The number of benzene rings is 3. The highest BCUT2D eigenvalue weighted by Crippen LogP contribution is 2.50. The molecule has 9 heteroatoms. The molecule has 1 aliphatic carbocycles.